The van der Waals surface area contributed by atoms with Gasteiger partial charge in [0.2, 0.25) is 11.8 Å². The van der Waals surface area contributed by atoms with E-state index in [0.29, 0.717) is 32.2 Å². The molecule has 0 radical (unpaired) electrons. The summed E-state index contributed by atoms with van der Waals surface area (Å²) in [6.45, 7) is 13.9. The number of piperidine rings is 1. The molecule has 0 N–H and O–H groups in total. The van der Waals surface area contributed by atoms with Gasteiger partial charge in [-0.2, -0.15) is 4.98 Å². The lowest BCUT2D eigenvalue weighted by atomic mass is 9.74. The Kier molecular flexibility index (Phi) is 10.7. The second-order valence-electron chi connectivity index (χ2n) is 15.3. The Morgan fingerprint density at radius 3 is 2.41 bits per heavy atom. The van der Waals surface area contributed by atoms with Crippen LogP contribution in [0.1, 0.15) is 74.4 Å². The summed E-state index contributed by atoms with van der Waals surface area (Å²) in [6, 6.07) is 14.5. The van der Waals surface area contributed by atoms with Crippen molar-refractivity contribution >= 4 is 17.7 Å². The molecule has 11 heteroatoms. The lowest BCUT2D eigenvalue weighted by molar-refractivity contribution is 0.0180. The first-order valence-electron chi connectivity index (χ1n) is 18.6. The highest BCUT2D eigenvalue weighted by Crippen LogP contribution is 2.48. The number of aromatic nitrogens is 2. The molecule has 4 heterocycles. The molecule has 3 aromatic rings. The number of amides is 1. The zero-order valence-corrected chi connectivity index (χ0v) is 30.7. The van der Waals surface area contributed by atoms with E-state index in [1.807, 2.05) is 49.9 Å². The van der Waals surface area contributed by atoms with Gasteiger partial charge >= 0.3 is 6.09 Å². The summed E-state index contributed by atoms with van der Waals surface area (Å²) in [5.74, 6) is 2.27. The van der Waals surface area contributed by atoms with Gasteiger partial charge in [-0.25, -0.2) is 9.78 Å². The maximum absolute atomic E-state index is 13.7. The maximum Gasteiger partial charge on any atom is 0.414 e. The lowest BCUT2D eigenvalue weighted by Gasteiger charge is -2.40. The first-order valence-corrected chi connectivity index (χ1v) is 18.6. The van der Waals surface area contributed by atoms with Crippen LogP contribution in [0.25, 0.3) is 0 Å². The number of carbonyl (C=O) groups is 1. The van der Waals surface area contributed by atoms with Crippen molar-refractivity contribution in [1.29, 1.82) is 0 Å². The number of methoxy groups -OCH3 is 1. The van der Waals surface area contributed by atoms with E-state index < -0.39 is 5.60 Å². The molecule has 0 saturated carbocycles. The number of hydrogen-bond donors (Lipinski definition) is 0. The van der Waals surface area contributed by atoms with Gasteiger partial charge in [0, 0.05) is 50.2 Å². The number of nitrogens with zero attached hydrogens (tertiary/aromatic N) is 5. The van der Waals surface area contributed by atoms with Crippen LogP contribution in [-0.2, 0) is 45.7 Å². The Labute approximate surface area is 302 Å². The summed E-state index contributed by atoms with van der Waals surface area (Å²) in [7, 11) is 1.67. The number of anilines is 2. The number of ether oxygens (including phenoxy) is 5. The minimum atomic E-state index is -0.590. The van der Waals surface area contributed by atoms with Crippen molar-refractivity contribution in [2.45, 2.75) is 83.5 Å². The van der Waals surface area contributed by atoms with Gasteiger partial charge in [-0.15, -0.1) is 0 Å². The lowest BCUT2D eigenvalue weighted by Crippen LogP contribution is -2.47. The Bertz CT molecular complexity index is 1660. The van der Waals surface area contributed by atoms with Crippen LogP contribution in [-0.4, -0.2) is 92.8 Å². The van der Waals surface area contributed by atoms with E-state index >= 15 is 0 Å². The number of hydrogen-bond acceptors (Lipinski definition) is 10. The molecule has 51 heavy (non-hydrogen) atoms. The molecule has 1 spiro atoms. The minimum Gasteiger partial charge on any atom is -0.497 e. The van der Waals surface area contributed by atoms with Crippen LogP contribution in [0.15, 0.2) is 42.5 Å². The Morgan fingerprint density at radius 1 is 0.922 bits per heavy atom. The van der Waals surface area contributed by atoms with Gasteiger partial charge in [0.1, 0.15) is 18.0 Å². The fraction of sp³-hybridized carbons (Fsp3) is 0.575. The Balaban J connectivity index is 1.06. The van der Waals surface area contributed by atoms with Crippen LogP contribution >= 0.6 is 0 Å². The van der Waals surface area contributed by atoms with Crippen LogP contribution < -0.4 is 19.3 Å². The summed E-state index contributed by atoms with van der Waals surface area (Å²) in [5.41, 5.74) is 5.75. The van der Waals surface area contributed by atoms with E-state index in [1.165, 1.54) is 5.56 Å². The normalized spacial score (nSPS) is 18.7. The molecule has 1 aromatic heterocycles. The van der Waals surface area contributed by atoms with Crippen molar-refractivity contribution in [1.82, 2.24) is 14.9 Å². The molecular weight excluding hydrogens is 646 g/mol. The third-order valence-corrected chi connectivity index (χ3v) is 10.6. The zero-order chi connectivity index (χ0) is 35.4. The first kappa shape index (κ1) is 35.5. The van der Waals surface area contributed by atoms with Gasteiger partial charge < -0.3 is 28.6 Å². The standard InChI is InChI=1S/C40H53N5O6/c1-39(2,3)51-38(46)45-28-40(33-14-11-30(25-35(33)45)26-49-24-21-43-19-22-48-23-20-43)15-17-44(18-16-40)37-41-34-8-6-5-7-32(34)36(42-37)50-27-29-9-12-31(47-4)13-10-29/h9-14,25H,5-8,15-24,26-28H2,1-4H3. The maximum atomic E-state index is 13.7. The quantitative estimate of drug-likeness (QED) is 0.232. The largest absolute Gasteiger partial charge is 0.497 e. The highest BCUT2D eigenvalue weighted by molar-refractivity contribution is 5.92. The smallest absolute Gasteiger partial charge is 0.414 e. The molecule has 4 aliphatic rings. The van der Waals surface area contributed by atoms with E-state index in [1.54, 1.807) is 7.11 Å². The molecule has 1 amide bonds. The molecule has 0 bridgehead atoms. The number of carbonyl (C=O) groups excluding carboxylic acids is 1. The summed E-state index contributed by atoms with van der Waals surface area (Å²) < 4.78 is 29.2. The summed E-state index contributed by atoms with van der Waals surface area (Å²) in [4.78, 5) is 30.3. The molecular formula is C40H53N5O6. The molecule has 0 atom stereocenters. The molecule has 11 nitrogen and oxygen atoms in total. The third kappa shape index (κ3) is 8.26. The number of aryl methyl sites for hydroxylation is 1. The van der Waals surface area contributed by atoms with Crippen LogP contribution in [0.4, 0.5) is 16.4 Å². The number of rotatable bonds is 10. The van der Waals surface area contributed by atoms with Crippen molar-refractivity contribution in [2.24, 2.45) is 0 Å². The molecule has 2 aromatic carbocycles. The molecule has 7 rings (SSSR count). The fourth-order valence-corrected chi connectivity index (χ4v) is 7.74. The molecule has 1 aliphatic carbocycles. The molecule has 0 unspecified atom stereocenters. The van der Waals surface area contributed by atoms with Crippen LogP contribution in [0.3, 0.4) is 0 Å². The zero-order valence-electron chi connectivity index (χ0n) is 30.7. The third-order valence-electron chi connectivity index (χ3n) is 10.6. The summed E-state index contributed by atoms with van der Waals surface area (Å²) in [6.07, 6.45) is 5.58. The van der Waals surface area contributed by atoms with Gasteiger partial charge in [0.25, 0.3) is 0 Å². The summed E-state index contributed by atoms with van der Waals surface area (Å²) >= 11 is 0. The van der Waals surface area contributed by atoms with E-state index in [0.717, 1.165) is 124 Å². The first-order chi connectivity index (χ1) is 24.7. The number of fused-ring (bicyclic) bond motifs is 3. The molecule has 2 saturated heterocycles. The van der Waals surface area contributed by atoms with E-state index in [9.17, 15) is 4.79 Å². The van der Waals surface area contributed by atoms with Crippen molar-refractivity contribution in [3.8, 4) is 11.6 Å². The predicted octanol–water partition coefficient (Wildman–Crippen LogP) is 6.09. The van der Waals surface area contributed by atoms with Gasteiger partial charge in [0.15, 0.2) is 0 Å². The average molecular weight is 700 g/mol. The van der Waals surface area contributed by atoms with Crippen molar-refractivity contribution < 1.29 is 28.5 Å². The Hall–Kier alpha value is -3.93. The highest BCUT2D eigenvalue weighted by atomic mass is 16.6. The molecule has 2 fully saturated rings. The summed E-state index contributed by atoms with van der Waals surface area (Å²) in [5, 5.41) is 0. The number of benzene rings is 2. The van der Waals surface area contributed by atoms with E-state index in [-0.39, 0.29) is 11.5 Å². The van der Waals surface area contributed by atoms with Crippen molar-refractivity contribution in [3.63, 3.8) is 0 Å². The molecule has 274 valence electrons. The van der Waals surface area contributed by atoms with Crippen LogP contribution in [0, 0.1) is 0 Å². The monoisotopic (exact) mass is 699 g/mol. The second kappa shape index (κ2) is 15.4. The van der Waals surface area contributed by atoms with Gasteiger partial charge in [0.05, 0.1) is 44.9 Å². The highest BCUT2D eigenvalue weighted by Gasteiger charge is 2.48. The van der Waals surface area contributed by atoms with Gasteiger partial charge in [-0.3, -0.25) is 9.80 Å². The predicted molar refractivity (Wildman–Crippen MR) is 196 cm³/mol. The van der Waals surface area contributed by atoms with Gasteiger partial charge in [-0.05, 0) is 94.2 Å². The average Bonchev–Trinajstić information content (AvgIpc) is 3.45. The topological polar surface area (TPSA) is 98.7 Å². The Morgan fingerprint density at radius 2 is 1.67 bits per heavy atom. The van der Waals surface area contributed by atoms with Crippen LogP contribution in [0.2, 0.25) is 0 Å². The van der Waals surface area contributed by atoms with E-state index in [2.05, 4.69) is 28.0 Å². The second-order valence-corrected chi connectivity index (χ2v) is 15.3. The minimum absolute atomic E-state index is 0.180. The number of morpholine rings is 1. The van der Waals surface area contributed by atoms with Gasteiger partial charge in [-0.1, -0.05) is 24.3 Å². The van der Waals surface area contributed by atoms with Crippen molar-refractivity contribution in [2.75, 3.05) is 76.0 Å². The molecule has 3 aliphatic heterocycles. The fourth-order valence-electron chi connectivity index (χ4n) is 7.74. The SMILES string of the molecule is COc1ccc(COc2nc(N3CCC4(CC3)CN(C(=O)OC(C)(C)C)c3cc(COCCN5CCOCC5)ccc34)nc3c2CCCC3)cc1. The van der Waals surface area contributed by atoms with Crippen LogP contribution in [0.5, 0.6) is 11.6 Å². The van der Waals surface area contributed by atoms with E-state index in [4.69, 9.17) is 33.7 Å². The van der Waals surface area contributed by atoms with Crippen molar-refractivity contribution in [3.05, 3.63) is 70.4 Å².